The smallest absolute Gasteiger partial charge is 0.257 e. The first-order valence-electron chi connectivity index (χ1n) is 10.4. The molecule has 0 saturated carbocycles. The van der Waals surface area contributed by atoms with Crippen LogP contribution in [0.3, 0.4) is 0 Å². The van der Waals surface area contributed by atoms with Crippen LogP contribution in [-0.4, -0.2) is 65.3 Å². The van der Waals surface area contributed by atoms with E-state index in [1.165, 1.54) is 0 Å². The number of nitrogens with zero attached hydrogens (tertiary/aromatic N) is 5. The van der Waals surface area contributed by atoms with E-state index in [0.717, 1.165) is 43.1 Å². The van der Waals surface area contributed by atoms with Crippen LogP contribution < -0.4 is 20.3 Å². The zero-order valence-electron chi connectivity index (χ0n) is 19.6. The van der Waals surface area contributed by atoms with Gasteiger partial charge in [-0.1, -0.05) is 0 Å². The Bertz CT molecular complexity index is 828. The van der Waals surface area contributed by atoms with Gasteiger partial charge >= 0.3 is 0 Å². The highest BCUT2D eigenvalue weighted by molar-refractivity contribution is 5.65. The maximum atomic E-state index is 10.7. The Labute approximate surface area is 184 Å². The number of ether oxygens (including phenoxy) is 2. The Balaban J connectivity index is 0.000000501. The molecule has 0 spiro atoms. The molecule has 0 bridgehead atoms. The Kier molecular flexibility index (Phi) is 8.61. The molecule has 2 aromatic rings. The summed E-state index contributed by atoms with van der Waals surface area (Å²) in [6, 6.07) is 3.98. The van der Waals surface area contributed by atoms with Crippen LogP contribution in [0.15, 0.2) is 12.1 Å². The summed E-state index contributed by atoms with van der Waals surface area (Å²) in [5, 5.41) is 18.9. The number of nitrogens with one attached hydrogen (secondary N) is 2. The van der Waals surface area contributed by atoms with E-state index in [1.54, 1.807) is 18.9 Å². The van der Waals surface area contributed by atoms with Gasteiger partial charge in [-0.15, -0.1) is 10.2 Å². The number of hydrogen-bond donors (Lipinski definition) is 2. The molecule has 1 fully saturated rings. The van der Waals surface area contributed by atoms with Crippen LogP contribution in [0.1, 0.15) is 39.3 Å². The number of methoxy groups -OCH3 is 2. The number of anilines is 3. The van der Waals surface area contributed by atoms with E-state index in [-0.39, 0.29) is 11.6 Å². The van der Waals surface area contributed by atoms with E-state index in [9.17, 15) is 4.79 Å². The summed E-state index contributed by atoms with van der Waals surface area (Å²) in [7, 11) is 5.16. The Hall–Kier alpha value is -2.88. The molecule has 1 aliphatic rings. The number of carbonyl (C=O) groups excluding carboxylic acids is 1. The van der Waals surface area contributed by atoms with E-state index in [0.29, 0.717) is 18.1 Å². The van der Waals surface area contributed by atoms with Crippen molar-refractivity contribution in [3.8, 4) is 5.88 Å². The Morgan fingerprint density at radius 3 is 2.48 bits per heavy atom. The Morgan fingerprint density at radius 1 is 1.23 bits per heavy atom. The normalized spacial score (nSPS) is 16.2. The minimum Gasteiger partial charge on any atom is -0.478 e. The summed E-state index contributed by atoms with van der Waals surface area (Å²) in [6.45, 7) is 9.63. The summed E-state index contributed by atoms with van der Waals surface area (Å²) in [5.41, 5.74) is 1.79. The van der Waals surface area contributed by atoms with Crippen LogP contribution in [0.4, 0.5) is 17.3 Å². The van der Waals surface area contributed by atoms with E-state index in [2.05, 4.69) is 30.8 Å². The van der Waals surface area contributed by atoms with Gasteiger partial charge in [-0.3, -0.25) is 9.48 Å². The molecule has 2 aromatic heterocycles. The van der Waals surface area contributed by atoms with Crippen LogP contribution in [0, 0.1) is 6.92 Å². The molecule has 3 rings (SSSR count). The van der Waals surface area contributed by atoms with E-state index < -0.39 is 0 Å². The number of piperidine rings is 1. The van der Waals surface area contributed by atoms with Gasteiger partial charge in [0.05, 0.1) is 12.7 Å². The van der Waals surface area contributed by atoms with Gasteiger partial charge in [0.15, 0.2) is 11.6 Å². The molecule has 0 radical (unpaired) electrons. The summed E-state index contributed by atoms with van der Waals surface area (Å²) < 4.78 is 12.0. The minimum absolute atomic E-state index is 0.0417. The van der Waals surface area contributed by atoms with E-state index in [4.69, 9.17) is 9.47 Å². The standard InChI is InChI=1S/C16H23N7O2.C5H12O/c1-11-7-14(21-22(11)2)18-13-8-15(19-20-16(13)25-3)23-6-4-5-12(9-23)17-10-24;1-5(2,3)6-4/h7-8,10,12H,4-6,9H2,1-3H3,(H,17,24)(H,18,19,21);1-4H3. The van der Waals surface area contributed by atoms with Crippen LogP contribution >= 0.6 is 0 Å². The maximum Gasteiger partial charge on any atom is 0.257 e. The summed E-state index contributed by atoms with van der Waals surface area (Å²) in [5.74, 6) is 1.87. The van der Waals surface area contributed by atoms with Crippen molar-refractivity contribution in [1.29, 1.82) is 0 Å². The van der Waals surface area contributed by atoms with Crippen LogP contribution in [0.25, 0.3) is 0 Å². The highest BCUT2D eigenvalue weighted by Gasteiger charge is 2.22. The lowest BCUT2D eigenvalue weighted by Crippen LogP contribution is -2.45. The first-order valence-corrected chi connectivity index (χ1v) is 10.4. The monoisotopic (exact) mass is 433 g/mol. The molecule has 2 N–H and O–H groups in total. The maximum absolute atomic E-state index is 10.7. The molecule has 1 amide bonds. The molecule has 10 nitrogen and oxygen atoms in total. The highest BCUT2D eigenvalue weighted by Crippen LogP contribution is 2.29. The van der Waals surface area contributed by atoms with Crippen molar-refractivity contribution in [2.45, 2.75) is 52.2 Å². The van der Waals surface area contributed by atoms with Crippen LogP contribution in [-0.2, 0) is 16.6 Å². The fourth-order valence-corrected chi connectivity index (χ4v) is 2.94. The van der Waals surface area contributed by atoms with Gasteiger partial charge in [0, 0.05) is 51.1 Å². The largest absolute Gasteiger partial charge is 0.478 e. The lowest BCUT2D eigenvalue weighted by Gasteiger charge is -2.33. The molecule has 172 valence electrons. The second-order valence-corrected chi connectivity index (χ2v) is 8.43. The molecule has 10 heteroatoms. The number of amides is 1. The third kappa shape index (κ3) is 7.39. The van der Waals surface area contributed by atoms with Gasteiger partial charge in [-0.2, -0.15) is 5.10 Å². The molecule has 1 unspecified atom stereocenters. The number of rotatable bonds is 6. The van der Waals surface area contributed by atoms with Crippen molar-refractivity contribution >= 4 is 23.7 Å². The quantitative estimate of drug-likeness (QED) is 0.669. The molecule has 0 aromatic carbocycles. The van der Waals surface area contributed by atoms with E-state index in [1.807, 2.05) is 46.9 Å². The predicted octanol–water partition coefficient (Wildman–Crippen LogP) is 2.42. The molecule has 0 aliphatic carbocycles. The van der Waals surface area contributed by atoms with Crippen molar-refractivity contribution in [2.24, 2.45) is 7.05 Å². The van der Waals surface area contributed by atoms with Gasteiger partial charge in [-0.25, -0.2) is 0 Å². The second-order valence-electron chi connectivity index (χ2n) is 8.43. The summed E-state index contributed by atoms with van der Waals surface area (Å²) in [4.78, 5) is 12.8. The van der Waals surface area contributed by atoms with Crippen molar-refractivity contribution in [1.82, 2.24) is 25.3 Å². The number of aromatic nitrogens is 4. The summed E-state index contributed by atoms with van der Waals surface area (Å²) >= 11 is 0. The third-order valence-corrected chi connectivity index (χ3v) is 4.98. The van der Waals surface area contributed by atoms with Crippen LogP contribution in [0.2, 0.25) is 0 Å². The van der Waals surface area contributed by atoms with Gasteiger partial charge in [-0.05, 0) is 40.5 Å². The van der Waals surface area contributed by atoms with Gasteiger partial charge in [0.25, 0.3) is 5.88 Å². The molecular weight excluding hydrogens is 398 g/mol. The predicted molar refractivity (Wildman–Crippen MR) is 121 cm³/mol. The number of aryl methyl sites for hydroxylation is 2. The summed E-state index contributed by atoms with van der Waals surface area (Å²) in [6.07, 6.45) is 2.71. The SMILES string of the molecule is COC(C)(C)C.COc1nnc(N2CCCC(NC=O)C2)cc1Nc1cc(C)n(C)n1. The minimum atomic E-state index is 0.0417. The van der Waals surface area contributed by atoms with Crippen molar-refractivity contribution < 1.29 is 14.3 Å². The third-order valence-electron chi connectivity index (χ3n) is 4.98. The lowest BCUT2D eigenvalue weighted by molar-refractivity contribution is -0.110. The van der Waals surface area contributed by atoms with E-state index >= 15 is 0 Å². The fraction of sp³-hybridized carbons (Fsp3) is 0.619. The number of carbonyl (C=O) groups is 1. The van der Waals surface area contributed by atoms with Crippen LogP contribution in [0.5, 0.6) is 5.88 Å². The zero-order chi connectivity index (χ0) is 23.0. The molecule has 1 saturated heterocycles. The lowest BCUT2D eigenvalue weighted by atomic mass is 10.1. The van der Waals surface area contributed by atoms with Gasteiger partial charge in [0.2, 0.25) is 6.41 Å². The highest BCUT2D eigenvalue weighted by atomic mass is 16.5. The van der Waals surface area contributed by atoms with Gasteiger partial charge in [0.1, 0.15) is 5.69 Å². The van der Waals surface area contributed by atoms with Crippen molar-refractivity contribution in [3.63, 3.8) is 0 Å². The zero-order valence-corrected chi connectivity index (χ0v) is 19.6. The van der Waals surface area contributed by atoms with Crippen molar-refractivity contribution in [3.05, 3.63) is 17.8 Å². The molecule has 31 heavy (non-hydrogen) atoms. The average molecular weight is 434 g/mol. The molecule has 3 heterocycles. The molecule has 1 atom stereocenters. The van der Waals surface area contributed by atoms with Crippen molar-refractivity contribution in [2.75, 3.05) is 37.5 Å². The first kappa shape index (κ1) is 24.4. The number of hydrogen-bond acceptors (Lipinski definition) is 8. The Morgan fingerprint density at radius 2 is 1.94 bits per heavy atom. The average Bonchev–Trinajstić information content (AvgIpc) is 3.05. The van der Waals surface area contributed by atoms with Gasteiger partial charge < -0.3 is 25.0 Å². The fourth-order valence-electron chi connectivity index (χ4n) is 2.94. The molecule has 1 aliphatic heterocycles. The topological polar surface area (TPSA) is 106 Å². The second kappa shape index (κ2) is 10.9. The molecular formula is C21H35N7O3. The first-order chi connectivity index (χ1) is 14.7.